The average Bonchev–Trinajstić information content (AvgIpc) is 2.65. The number of nitrogens with zero attached hydrogens (tertiary/aromatic N) is 1. The third-order valence-electron chi connectivity index (χ3n) is 5.33. The maximum atomic E-state index is 9.22. The molecule has 0 unspecified atom stereocenters. The fourth-order valence-corrected chi connectivity index (χ4v) is 3.43. The van der Waals surface area contributed by atoms with Gasteiger partial charge >= 0.3 is 0 Å². The highest BCUT2D eigenvalue weighted by atomic mass is 32.3. The predicted molar refractivity (Wildman–Crippen MR) is 115 cm³/mol. The molecule has 0 N–H and O–H groups in total. The fourth-order valence-electron chi connectivity index (χ4n) is 3.43. The molecule has 0 aliphatic carbocycles. The van der Waals surface area contributed by atoms with Crippen LogP contribution in [0.3, 0.4) is 0 Å². The predicted octanol–water partition coefficient (Wildman–Crippen LogP) is 5.66. The molecular formula is C21H47NO4S. The first-order valence-electron chi connectivity index (χ1n) is 11.2. The van der Waals surface area contributed by atoms with Gasteiger partial charge in [0.2, 0.25) is 10.4 Å². The van der Waals surface area contributed by atoms with Gasteiger partial charge in [0, 0.05) is 0 Å². The van der Waals surface area contributed by atoms with Crippen LogP contribution >= 0.6 is 0 Å². The van der Waals surface area contributed by atoms with Gasteiger partial charge in [0.15, 0.2) is 0 Å². The van der Waals surface area contributed by atoms with Crippen LogP contribution in [0.5, 0.6) is 0 Å². The summed E-state index contributed by atoms with van der Waals surface area (Å²) in [6, 6.07) is 0. The Morgan fingerprint density at radius 3 is 1.15 bits per heavy atom. The Kier molecular flexibility index (Phi) is 20.6. The Hall–Kier alpha value is -0.170. The Balaban J connectivity index is 0. The standard InChI is InChI=1S/C20H44N.CH4O4S/c1-5-9-12-15-18-21(8-4,19-16-13-10-6-2)20-17-14-11-7-3;1-5-6(2,3)4/h5-20H2,1-4H3;1H3,(H,2,3,4)/q+1;/p-1. The summed E-state index contributed by atoms with van der Waals surface area (Å²) in [7, 11) is -3.60. The van der Waals surface area contributed by atoms with Crippen LogP contribution in [0.4, 0.5) is 0 Å². The van der Waals surface area contributed by atoms with Gasteiger partial charge < -0.3 is 9.04 Å². The first kappa shape index (κ1) is 29.0. The monoisotopic (exact) mass is 409 g/mol. The van der Waals surface area contributed by atoms with E-state index < -0.39 is 10.4 Å². The van der Waals surface area contributed by atoms with E-state index in [1.807, 2.05) is 0 Å². The molecule has 0 aromatic rings. The first-order valence-corrected chi connectivity index (χ1v) is 12.5. The van der Waals surface area contributed by atoms with Gasteiger partial charge in [-0.05, 0) is 45.4 Å². The topological polar surface area (TPSA) is 66.4 Å². The molecule has 0 rings (SSSR count). The van der Waals surface area contributed by atoms with E-state index in [1.165, 1.54) is 108 Å². The Bertz CT molecular complexity index is 368. The van der Waals surface area contributed by atoms with Crippen molar-refractivity contribution < 1.29 is 21.6 Å². The van der Waals surface area contributed by atoms with Gasteiger partial charge in [-0.1, -0.05) is 59.3 Å². The molecule has 0 saturated carbocycles. The Morgan fingerprint density at radius 2 is 0.963 bits per heavy atom. The van der Waals surface area contributed by atoms with Crippen molar-refractivity contribution in [3.05, 3.63) is 0 Å². The zero-order valence-electron chi connectivity index (χ0n) is 18.8. The van der Waals surface area contributed by atoms with Crippen molar-refractivity contribution in [1.82, 2.24) is 0 Å². The summed E-state index contributed by atoms with van der Waals surface area (Å²) in [5.74, 6) is 0. The van der Waals surface area contributed by atoms with Crippen molar-refractivity contribution in [2.24, 2.45) is 0 Å². The molecule has 6 heteroatoms. The quantitative estimate of drug-likeness (QED) is 0.135. The third kappa shape index (κ3) is 20.4. The lowest BCUT2D eigenvalue weighted by Gasteiger charge is -2.38. The summed E-state index contributed by atoms with van der Waals surface area (Å²) in [6.07, 6.45) is 17.0. The highest BCUT2D eigenvalue weighted by Gasteiger charge is 2.23. The van der Waals surface area contributed by atoms with E-state index in [2.05, 4.69) is 31.9 Å². The summed E-state index contributed by atoms with van der Waals surface area (Å²) < 4.78 is 32.4. The van der Waals surface area contributed by atoms with Crippen molar-refractivity contribution in [3.8, 4) is 0 Å². The minimum absolute atomic E-state index is 0.808. The van der Waals surface area contributed by atoms with Gasteiger partial charge in [-0.2, -0.15) is 0 Å². The van der Waals surface area contributed by atoms with E-state index in [9.17, 15) is 13.0 Å². The molecule has 0 aromatic carbocycles. The van der Waals surface area contributed by atoms with Gasteiger partial charge in [0.25, 0.3) is 0 Å². The van der Waals surface area contributed by atoms with Gasteiger partial charge in [-0.15, -0.1) is 0 Å². The van der Waals surface area contributed by atoms with Crippen LogP contribution in [0, 0.1) is 0 Å². The lowest BCUT2D eigenvalue weighted by Crippen LogP contribution is -2.50. The SMILES string of the molecule is CCCCCC[N+](CC)(CCCCCC)CCCCCC.COS(=O)(=O)[O-]. The average molecular weight is 410 g/mol. The van der Waals surface area contributed by atoms with Gasteiger partial charge in [0.1, 0.15) is 0 Å². The second-order valence-electron chi connectivity index (χ2n) is 7.59. The van der Waals surface area contributed by atoms with Crippen molar-refractivity contribution in [3.63, 3.8) is 0 Å². The minimum Gasteiger partial charge on any atom is -0.726 e. The van der Waals surface area contributed by atoms with E-state index in [0.29, 0.717) is 0 Å². The van der Waals surface area contributed by atoms with Crippen LogP contribution in [-0.4, -0.2) is 50.7 Å². The van der Waals surface area contributed by atoms with E-state index in [-0.39, 0.29) is 0 Å². The molecule has 0 saturated heterocycles. The highest BCUT2D eigenvalue weighted by molar-refractivity contribution is 7.80. The Labute approximate surface area is 170 Å². The molecule has 0 radical (unpaired) electrons. The van der Waals surface area contributed by atoms with Crippen molar-refractivity contribution in [2.45, 2.75) is 105 Å². The fraction of sp³-hybridized carbons (Fsp3) is 1.00. The van der Waals surface area contributed by atoms with Crippen LogP contribution in [0.2, 0.25) is 0 Å². The van der Waals surface area contributed by atoms with Gasteiger partial charge in [-0.3, -0.25) is 4.18 Å². The molecule has 166 valence electrons. The highest BCUT2D eigenvalue weighted by Crippen LogP contribution is 2.17. The van der Waals surface area contributed by atoms with Crippen LogP contribution < -0.4 is 0 Å². The molecule has 27 heavy (non-hydrogen) atoms. The number of rotatable bonds is 17. The number of hydrogen-bond acceptors (Lipinski definition) is 4. The largest absolute Gasteiger partial charge is 0.726 e. The molecule has 0 fully saturated rings. The summed E-state index contributed by atoms with van der Waals surface area (Å²) >= 11 is 0. The van der Waals surface area contributed by atoms with E-state index >= 15 is 0 Å². The van der Waals surface area contributed by atoms with Crippen molar-refractivity contribution in [2.75, 3.05) is 33.3 Å². The van der Waals surface area contributed by atoms with Crippen LogP contribution in [-0.2, 0) is 14.6 Å². The van der Waals surface area contributed by atoms with E-state index in [0.717, 1.165) is 7.11 Å². The number of hydrogen-bond donors (Lipinski definition) is 0. The molecular weight excluding hydrogens is 362 g/mol. The summed E-state index contributed by atoms with van der Waals surface area (Å²) in [6.45, 7) is 15.0. The lowest BCUT2D eigenvalue weighted by atomic mass is 10.1. The van der Waals surface area contributed by atoms with Crippen LogP contribution in [0.1, 0.15) is 105 Å². The maximum absolute atomic E-state index is 9.22. The summed E-state index contributed by atoms with van der Waals surface area (Å²) in [5.41, 5.74) is 0. The van der Waals surface area contributed by atoms with Crippen molar-refractivity contribution in [1.29, 1.82) is 0 Å². The Morgan fingerprint density at radius 1 is 0.667 bits per heavy atom. The number of unbranched alkanes of at least 4 members (excludes halogenated alkanes) is 9. The molecule has 5 nitrogen and oxygen atoms in total. The molecule has 0 atom stereocenters. The second-order valence-corrected chi connectivity index (χ2v) is 8.74. The van der Waals surface area contributed by atoms with Gasteiger partial charge in [-0.25, -0.2) is 8.42 Å². The summed E-state index contributed by atoms with van der Waals surface area (Å²) in [5, 5.41) is 0. The smallest absolute Gasteiger partial charge is 0.217 e. The summed E-state index contributed by atoms with van der Waals surface area (Å²) in [4.78, 5) is 0. The van der Waals surface area contributed by atoms with Crippen LogP contribution in [0.25, 0.3) is 0 Å². The van der Waals surface area contributed by atoms with Crippen LogP contribution in [0.15, 0.2) is 0 Å². The van der Waals surface area contributed by atoms with E-state index in [4.69, 9.17) is 0 Å². The minimum atomic E-state index is -4.41. The zero-order chi connectivity index (χ0) is 21.0. The third-order valence-corrected chi connectivity index (χ3v) is 5.74. The molecule has 0 spiro atoms. The molecule has 0 heterocycles. The first-order chi connectivity index (χ1) is 12.8. The molecule has 0 aliphatic heterocycles. The molecule has 0 aliphatic rings. The normalized spacial score (nSPS) is 11.9. The zero-order valence-corrected chi connectivity index (χ0v) is 19.6. The van der Waals surface area contributed by atoms with Crippen molar-refractivity contribution >= 4 is 10.4 Å². The molecule has 0 aromatic heterocycles. The lowest BCUT2D eigenvalue weighted by molar-refractivity contribution is -0.927. The maximum Gasteiger partial charge on any atom is 0.217 e. The molecule has 0 amide bonds. The number of quaternary nitrogens is 1. The second kappa shape index (κ2) is 19.2. The molecule has 0 bridgehead atoms. The van der Waals surface area contributed by atoms with Gasteiger partial charge in [0.05, 0.1) is 33.3 Å². The van der Waals surface area contributed by atoms with E-state index in [1.54, 1.807) is 0 Å².